The van der Waals surface area contributed by atoms with E-state index in [0.29, 0.717) is 18.8 Å². The third kappa shape index (κ3) is 7.70. The van der Waals surface area contributed by atoms with E-state index in [9.17, 15) is 4.79 Å². The first kappa shape index (κ1) is 26.6. The molecule has 0 N–H and O–H groups in total. The molecule has 1 atom stereocenters. The third-order valence-electron chi connectivity index (χ3n) is 5.97. The van der Waals surface area contributed by atoms with Gasteiger partial charge in [0.2, 0.25) is 0 Å². The lowest BCUT2D eigenvalue weighted by atomic mass is 9.85. The molecule has 1 aromatic carbocycles. The van der Waals surface area contributed by atoms with Crippen molar-refractivity contribution in [3.8, 4) is 0 Å². The molecule has 0 radical (unpaired) electrons. The van der Waals surface area contributed by atoms with Crippen molar-refractivity contribution in [3.05, 3.63) is 35.9 Å². The van der Waals surface area contributed by atoms with E-state index in [1.165, 1.54) is 0 Å². The van der Waals surface area contributed by atoms with E-state index in [0.717, 1.165) is 19.3 Å². The zero-order valence-corrected chi connectivity index (χ0v) is 21.1. The van der Waals surface area contributed by atoms with Crippen molar-refractivity contribution < 1.29 is 14.3 Å². The zero-order chi connectivity index (χ0) is 23.2. The molecule has 0 saturated heterocycles. The molecule has 0 fully saturated rings. The molecule has 1 aromatic rings. The molecule has 1 unspecified atom stereocenters. The smallest absolute Gasteiger partial charge is 0.254 e. The first-order chi connectivity index (χ1) is 13.7. The van der Waals surface area contributed by atoms with Gasteiger partial charge in [-0.25, -0.2) is 0 Å². The number of benzene rings is 1. The SMILES string of the molecule is CCC(C)(C)OCCC(C)(CC)N(C(=O)c1ccccc1)C(C)(C)COC(C)(C)C. The second-order valence-electron chi connectivity index (χ2n) is 10.8. The summed E-state index contributed by atoms with van der Waals surface area (Å²) < 4.78 is 12.3. The van der Waals surface area contributed by atoms with Gasteiger partial charge in [-0.1, -0.05) is 32.0 Å². The van der Waals surface area contributed by atoms with Crippen LogP contribution in [0.4, 0.5) is 0 Å². The molecular formula is C26H45NO3. The summed E-state index contributed by atoms with van der Waals surface area (Å²) >= 11 is 0. The average molecular weight is 420 g/mol. The van der Waals surface area contributed by atoms with Crippen molar-refractivity contribution in [2.45, 2.75) is 111 Å². The minimum Gasteiger partial charge on any atom is -0.375 e. The highest BCUT2D eigenvalue weighted by Crippen LogP contribution is 2.34. The van der Waals surface area contributed by atoms with Crippen molar-refractivity contribution >= 4 is 5.91 Å². The number of hydrogen-bond acceptors (Lipinski definition) is 3. The number of rotatable bonds is 11. The fourth-order valence-corrected chi connectivity index (χ4v) is 3.51. The fraction of sp³-hybridized carbons (Fsp3) is 0.731. The standard InChI is InChI=1S/C26H45NO3/c1-11-25(8,9)29-19-18-26(10,12-2)27(22(28)21-16-14-13-15-17-21)24(6,7)20-30-23(3,4)5/h13-17H,11-12,18-20H2,1-10H3. The molecule has 4 nitrogen and oxygen atoms in total. The molecule has 4 heteroatoms. The predicted octanol–water partition coefficient (Wildman–Crippen LogP) is 6.49. The largest absolute Gasteiger partial charge is 0.375 e. The fourth-order valence-electron chi connectivity index (χ4n) is 3.51. The monoisotopic (exact) mass is 419 g/mol. The molecule has 30 heavy (non-hydrogen) atoms. The van der Waals surface area contributed by atoms with Crippen LogP contribution >= 0.6 is 0 Å². The maximum atomic E-state index is 13.8. The van der Waals surface area contributed by atoms with Gasteiger partial charge in [-0.3, -0.25) is 4.79 Å². The Morgan fingerprint density at radius 2 is 1.43 bits per heavy atom. The molecule has 1 amide bonds. The molecule has 0 spiro atoms. The van der Waals surface area contributed by atoms with Crippen LogP contribution in [-0.4, -0.2) is 46.3 Å². The summed E-state index contributed by atoms with van der Waals surface area (Å²) in [5.41, 5.74) is -0.563. The summed E-state index contributed by atoms with van der Waals surface area (Å²) in [6.07, 6.45) is 2.55. The lowest BCUT2D eigenvalue weighted by Gasteiger charge is -2.51. The van der Waals surface area contributed by atoms with Crippen LogP contribution < -0.4 is 0 Å². The second kappa shape index (κ2) is 10.3. The zero-order valence-electron chi connectivity index (χ0n) is 21.1. The number of carbonyl (C=O) groups is 1. The Morgan fingerprint density at radius 1 is 0.867 bits per heavy atom. The summed E-state index contributed by atoms with van der Waals surface area (Å²) in [5, 5.41) is 0. The van der Waals surface area contributed by atoms with E-state index >= 15 is 0 Å². The van der Waals surface area contributed by atoms with Gasteiger partial charge in [-0.2, -0.15) is 0 Å². The normalized spacial score (nSPS) is 15.0. The lowest BCUT2D eigenvalue weighted by molar-refractivity contribution is -0.0883. The molecule has 0 heterocycles. The van der Waals surface area contributed by atoms with Gasteiger partial charge in [-0.05, 0) is 86.8 Å². The van der Waals surface area contributed by atoms with Gasteiger partial charge < -0.3 is 14.4 Å². The van der Waals surface area contributed by atoms with Gasteiger partial charge in [0.05, 0.1) is 23.3 Å². The molecule has 1 rings (SSSR count). The van der Waals surface area contributed by atoms with Crippen LogP contribution in [-0.2, 0) is 9.47 Å². The first-order valence-electron chi connectivity index (χ1n) is 11.3. The van der Waals surface area contributed by atoms with Gasteiger partial charge in [0, 0.05) is 17.7 Å². The van der Waals surface area contributed by atoms with Gasteiger partial charge in [0.15, 0.2) is 0 Å². The highest BCUT2D eigenvalue weighted by Gasteiger charge is 2.44. The van der Waals surface area contributed by atoms with E-state index in [1.807, 2.05) is 56.0 Å². The van der Waals surface area contributed by atoms with Crippen molar-refractivity contribution in [1.82, 2.24) is 4.90 Å². The molecular weight excluding hydrogens is 374 g/mol. The van der Waals surface area contributed by atoms with Crippen LogP contribution in [0.15, 0.2) is 30.3 Å². The lowest BCUT2D eigenvalue weighted by Crippen LogP contribution is -2.62. The Morgan fingerprint density at radius 3 is 1.90 bits per heavy atom. The van der Waals surface area contributed by atoms with E-state index in [2.05, 4.69) is 48.5 Å². The Hall–Kier alpha value is -1.39. The van der Waals surface area contributed by atoms with Crippen molar-refractivity contribution in [2.24, 2.45) is 0 Å². The van der Waals surface area contributed by atoms with E-state index in [4.69, 9.17) is 9.47 Å². The van der Waals surface area contributed by atoms with E-state index in [-0.39, 0.29) is 22.6 Å². The minimum absolute atomic E-state index is 0.0391. The van der Waals surface area contributed by atoms with E-state index < -0.39 is 5.54 Å². The summed E-state index contributed by atoms with van der Waals surface area (Å²) in [5.74, 6) is 0.0391. The molecule has 0 saturated carbocycles. The Kier molecular flexibility index (Phi) is 9.13. The summed E-state index contributed by atoms with van der Waals surface area (Å²) in [6, 6.07) is 9.56. The first-order valence-corrected chi connectivity index (χ1v) is 11.3. The maximum Gasteiger partial charge on any atom is 0.254 e. The highest BCUT2D eigenvalue weighted by molar-refractivity contribution is 5.95. The van der Waals surface area contributed by atoms with Gasteiger partial charge in [-0.15, -0.1) is 0 Å². The van der Waals surface area contributed by atoms with Crippen LogP contribution in [0.3, 0.4) is 0 Å². The quantitative estimate of drug-likeness (QED) is 0.412. The number of ether oxygens (including phenoxy) is 2. The Balaban J connectivity index is 3.26. The van der Waals surface area contributed by atoms with Crippen molar-refractivity contribution in [2.75, 3.05) is 13.2 Å². The molecule has 0 aliphatic carbocycles. The molecule has 172 valence electrons. The number of carbonyl (C=O) groups excluding carboxylic acids is 1. The summed E-state index contributed by atoms with van der Waals surface area (Å²) in [4.78, 5) is 15.8. The molecule has 0 aliphatic rings. The van der Waals surface area contributed by atoms with Crippen LogP contribution in [0.5, 0.6) is 0 Å². The van der Waals surface area contributed by atoms with E-state index in [1.54, 1.807) is 0 Å². The predicted molar refractivity (Wildman–Crippen MR) is 126 cm³/mol. The second-order valence-corrected chi connectivity index (χ2v) is 10.8. The van der Waals surface area contributed by atoms with Crippen LogP contribution in [0, 0.1) is 0 Å². The van der Waals surface area contributed by atoms with Crippen LogP contribution in [0.25, 0.3) is 0 Å². The third-order valence-corrected chi connectivity index (χ3v) is 5.97. The van der Waals surface area contributed by atoms with Gasteiger partial charge in [0.1, 0.15) is 0 Å². The highest BCUT2D eigenvalue weighted by atomic mass is 16.5. The van der Waals surface area contributed by atoms with Crippen LogP contribution in [0.2, 0.25) is 0 Å². The molecule has 0 aliphatic heterocycles. The number of nitrogens with zero attached hydrogens (tertiary/aromatic N) is 1. The number of hydrogen-bond donors (Lipinski definition) is 0. The Labute approximate surface area is 185 Å². The number of amides is 1. The van der Waals surface area contributed by atoms with Gasteiger partial charge >= 0.3 is 0 Å². The minimum atomic E-state index is -0.481. The topological polar surface area (TPSA) is 38.8 Å². The molecule has 0 aromatic heterocycles. The van der Waals surface area contributed by atoms with Crippen LogP contribution in [0.1, 0.15) is 98.9 Å². The summed E-state index contributed by atoms with van der Waals surface area (Å²) in [7, 11) is 0. The van der Waals surface area contributed by atoms with Crippen molar-refractivity contribution in [1.29, 1.82) is 0 Å². The van der Waals surface area contributed by atoms with Crippen molar-refractivity contribution in [3.63, 3.8) is 0 Å². The average Bonchev–Trinajstić information content (AvgIpc) is 2.66. The maximum absolute atomic E-state index is 13.8. The molecule has 0 bridgehead atoms. The van der Waals surface area contributed by atoms with Gasteiger partial charge in [0.25, 0.3) is 5.91 Å². The summed E-state index contributed by atoms with van der Waals surface area (Å²) in [6.45, 7) is 22.1. The Bertz CT molecular complexity index is 661.